The Hall–Kier alpha value is -1.09. The first-order valence-electron chi connectivity index (χ1n) is 3.12. The molecule has 4 heteroatoms. The molecular weight excluding hydrogens is 181 g/mol. The van der Waals surface area contributed by atoms with Gasteiger partial charge >= 0.3 is 0 Å². The van der Waals surface area contributed by atoms with E-state index >= 15 is 0 Å². The van der Waals surface area contributed by atoms with Crippen molar-refractivity contribution in [2.24, 2.45) is 0 Å². The normalized spacial score (nSPS) is 8.50. The molecule has 0 aromatic heterocycles. The average molecular weight is 190 g/mol. The minimum Gasteiger partial charge on any atom is -0.481 e. The number of benzene rings is 1. The Kier molecular flexibility index (Phi) is 4.29. The summed E-state index contributed by atoms with van der Waals surface area (Å²) in [6.45, 7) is 0. The minimum absolute atomic E-state index is 0. The summed E-state index contributed by atoms with van der Waals surface area (Å²) >= 11 is 0. The molecule has 0 spiro atoms. The zero-order valence-corrected chi connectivity index (χ0v) is 7.32. The van der Waals surface area contributed by atoms with Gasteiger partial charge in [0.2, 0.25) is 5.90 Å². The molecule has 0 aliphatic heterocycles. The lowest BCUT2D eigenvalue weighted by Gasteiger charge is -2.00. The highest BCUT2D eigenvalue weighted by Gasteiger charge is 1.99. The van der Waals surface area contributed by atoms with Gasteiger partial charge in [0.1, 0.15) is 5.82 Å². The number of ether oxygens (including phenoxy) is 1. The Balaban J connectivity index is 0.00000121. The second kappa shape index (κ2) is 4.72. The summed E-state index contributed by atoms with van der Waals surface area (Å²) in [5.41, 5.74) is 0.451. The Bertz CT molecular complexity index is 278. The largest absolute Gasteiger partial charge is 0.481 e. The molecule has 0 aliphatic carbocycles. The first kappa shape index (κ1) is 10.9. The molecule has 0 heterocycles. The predicted molar refractivity (Wildman–Crippen MR) is 47.5 cm³/mol. The van der Waals surface area contributed by atoms with Crippen LogP contribution in [0.4, 0.5) is 4.39 Å². The summed E-state index contributed by atoms with van der Waals surface area (Å²) in [4.78, 5) is 0. The highest BCUT2D eigenvalue weighted by atomic mass is 35.5. The highest BCUT2D eigenvalue weighted by Crippen LogP contribution is 2.03. The molecule has 1 aromatic rings. The topological polar surface area (TPSA) is 33.1 Å². The van der Waals surface area contributed by atoms with Gasteiger partial charge < -0.3 is 4.74 Å². The van der Waals surface area contributed by atoms with Crippen LogP contribution >= 0.6 is 12.4 Å². The van der Waals surface area contributed by atoms with Crippen molar-refractivity contribution in [3.63, 3.8) is 0 Å². The van der Waals surface area contributed by atoms with E-state index in [2.05, 4.69) is 4.74 Å². The molecule has 0 saturated heterocycles. The van der Waals surface area contributed by atoms with Crippen LogP contribution in [-0.2, 0) is 4.74 Å². The fourth-order valence-corrected chi connectivity index (χ4v) is 0.748. The molecular formula is C8H9ClFNO. The monoisotopic (exact) mass is 189 g/mol. The van der Waals surface area contributed by atoms with Gasteiger partial charge in [0.15, 0.2) is 0 Å². The zero-order chi connectivity index (χ0) is 8.27. The quantitative estimate of drug-likeness (QED) is 0.533. The van der Waals surface area contributed by atoms with Crippen LogP contribution in [0, 0.1) is 11.2 Å². The standard InChI is InChI=1S/C8H8FNO.ClH/c1-11-8(10)6-3-2-4-7(9)5-6;/h2-5,10H,1H3;1H. The molecule has 12 heavy (non-hydrogen) atoms. The number of halogens is 2. The van der Waals surface area contributed by atoms with Crippen LogP contribution in [0.5, 0.6) is 0 Å². The fraction of sp³-hybridized carbons (Fsp3) is 0.125. The van der Waals surface area contributed by atoms with Crippen LogP contribution in [0.25, 0.3) is 0 Å². The minimum atomic E-state index is -0.357. The van der Waals surface area contributed by atoms with E-state index < -0.39 is 0 Å². The molecule has 1 N–H and O–H groups in total. The maximum absolute atomic E-state index is 12.5. The molecule has 1 rings (SSSR count). The molecule has 0 fully saturated rings. The SMILES string of the molecule is COC(=N)c1cccc(F)c1.Cl. The number of rotatable bonds is 1. The Labute approximate surface area is 76.3 Å². The molecule has 0 saturated carbocycles. The molecule has 1 aromatic carbocycles. The van der Waals surface area contributed by atoms with E-state index in [9.17, 15) is 4.39 Å². The molecule has 2 nitrogen and oxygen atoms in total. The summed E-state index contributed by atoms with van der Waals surface area (Å²) in [7, 11) is 1.38. The van der Waals surface area contributed by atoms with Gasteiger partial charge in [-0.1, -0.05) is 6.07 Å². The first-order chi connectivity index (χ1) is 5.24. The van der Waals surface area contributed by atoms with E-state index in [-0.39, 0.29) is 24.1 Å². The summed E-state index contributed by atoms with van der Waals surface area (Å²) in [5, 5.41) is 7.19. The van der Waals surface area contributed by atoms with Gasteiger partial charge in [-0.15, -0.1) is 12.4 Å². The Morgan fingerprint density at radius 2 is 2.17 bits per heavy atom. The van der Waals surface area contributed by atoms with E-state index in [1.807, 2.05) is 0 Å². The van der Waals surface area contributed by atoms with Crippen LogP contribution in [0.1, 0.15) is 5.56 Å². The van der Waals surface area contributed by atoms with Crippen LogP contribution in [-0.4, -0.2) is 13.0 Å². The van der Waals surface area contributed by atoms with E-state index in [1.54, 1.807) is 6.07 Å². The van der Waals surface area contributed by atoms with E-state index in [0.717, 1.165) is 0 Å². The molecule has 0 radical (unpaired) electrons. The maximum atomic E-state index is 12.5. The van der Waals surface area contributed by atoms with Crippen LogP contribution < -0.4 is 0 Å². The van der Waals surface area contributed by atoms with Crippen molar-refractivity contribution >= 4 is 18.3 Å². The van der Waals surface area contributed by atoms with Crippen molar-refractivity contribution < 1.29 is 9.13 Å². The van der Waals surface area contributed by atoms with Gasteiger partial charge in [-0.05, 0) is 18.2 Å². The van der Waals surface area contributed by atoms with Crippen molar-refractivity contribution in [3.8, 4) is 0 Å². The number of hydrogen-bond donors (Lipinski definition) is 1. The number of hydrogen-bond acceptors (Lipinski definition) is 2. The van der Waals surface area contributed by atoms with Crippen molar-refractivity contribution in [1.82, 2.24) is 0 Å². The second-order valence-corrected chi connectivity index (χ2v) is 2.04. The van der Waals surface area contributed by atoms with Crippen molar-refractivity contribution in [2.75, 3.05) is 7.11 Å². The van der Waals surface area contributed by atoms with E-state index in [4.69, 9.17) is 5.41 Å². The molecule has 0 unspecified atom stereocenters. The Morgan fingerprint density at radius 3 is 2.67 bits per heavy atom. The average Bonchev–Trinajstić information content (AvgIpc) is 2.03. The van der Waals surface area contributed by atoms with Crippen LogP contribution in [0.3, 0.4) is 0 Å². The summed E-state index contributed by atoms with van der Waals surface area (Å²) < 4.78 is 17.1. The van der Waals surface area contributed by atoms with Gasteiger partial charge in [0, 0.05) is 5.56 Å². The summed E-state index contributed by atoms with van der Waals surface area (Å²) in [5.74, 6) is -0.381. The summed E-state index contributed by atoms with van der Waals surface area (Å²) in [6, 6.07) is 5.74. The highest BCUT2D eigenvalue weighted by molar-refractivity contribution is 5.91. The van der Waals surface area contributed by atoms with Gasteiger partial charge in [-0.25, -0.2) is 4.39 Å². The molecule has 0 bridgehead atoms. The number of nitrogens with one attached hydrogen (secondary N) is 1. The lowest BCUT2D eigenvalue weighted by atomic mass is 10.2. The molecule has 0 atom stereocenters. The summed E-state index contributed by atoms with van der Waals surface area (Å²) in [6.07, 6.45) is 0. The van der Waals surface area contributed by atoms with Gasteiger partial charge in [-0.3, -0.25) is 5.41 Å². The van der Waals surface area contributed by atoms with Gasteiger partial charge in [0.05, 0.1) is 7.11 Å². The van der Waals surface area contributed by atoms with Gasteiger partial charge in [0.25, 0.3) is 0 Å². The van der Waals surface area contributed by atoms with E-state index in [0.29, 0.717) is 5.56 Å². The van der Waals surface area contributed by atoms with Crippen molar-refractivity contribution in [2.45, 2.75) is 0 Å². The lowest BCUT2D eigenvalue weighted by molar-refractivity contribution is 0.401. The second-order valence-electron chi connectivity index (χ2n) is 2.04. The maximum Gasteiger partial charge on any atom is 0.213 e. The van der Waals surface area contributed by atoms with Crippen LogP contribution in [0.15, 0.2) is 24.3 Å². The Morgan fingerprint density at radius 1 is 1.50 bits per heavy atom. The first-order valence-corrected chi connectivity index (χ1v) is 3.12. The van der Waals surface area contributed by atoms with E-state index in [1.165, 1.54) is 25.3 Å². The van der Waals surface area contributed by atoms with Crippen molar-refractivity contribution in [3.05, 3.63) is 35.6 Å². The fourth-order valence-electron chi connectivity index (χ4n) is 0.748. The zero-order valence-electron chi connectivity index (χ0n) is 6.50. The molecule has 0 amide bonds. The smallest absolute Gasteiger partial charge is 0.213 e. The molecule has 0 aliphatic rings. The van der Waals surface area contributed by atoms with Crippen molar-refractivity contribution in [1.29, 1.82) is 5.41 Å². The molecule has 66 valence electrons. The third-order valence-electron chi connectivity index (χ3n) is 1.29. The third-order valence-corrected chi connectivity index (χ3v) is 1.29. The third kappa shape index (κ3) is 2.51. The lowest BCUT2D eigenvalue weighted by Crippen LogP contribution is -2.00. The van der Waals surface area contributed by atoms with Crippen LogP contribution in [0.2, 0.25) is 0 Å². The predicted octanol–water partition coefficient (Wildman–Crippen LogP) is 2.22. The number of methoxy groups -OCH3 is 1. The van der Waals surface area contributed by atoms with Gasteiger partial charge in [-0.2, -0.15) is 0 Å².